The van der Waals surface area contributed by atoms with Gasteiger partial charge in [0.05, 0.1) is 0 Å². The van der Waals surface area contributed by atoms with Gasteiger partial charge in [-0.05, 0) is 38.0 Å². The van der Waals surface area contributed by atoms with Gasteiger partial charge in [-0.3, -0.25) is 4.79 Å². The first-order chi connectivity index (χ1) is 9.24. The van der Waals surface area contributed by atoms with Crippen molar-refractivity contribution < 1.29 is 4.79 Å². The predicted octanol–water partition coefficient (Wildman–Crippen LogP) is 1.17. The molecule has 0 unspecified atom stereocenters. The highest BCUT2D eigenvalue weighted by Gasteiger charge is 2.46. The van der Waals surface area contributed by atoms with Crippen LogP contribution in [-0.4, -0.2) is 33.1 Å². The summed E-state index contributed by atoms with van der Waals surface area (Å²) in [6.45, 7) is 4.80. The molecule has 0 saturated heterocycles. The lowest BCUT2D eigenvalue weighted by Crippen LogP contribution is -2.31. The number of carbonyl (C=O) groups is 1. The number of amides is 1. The number of tetrazole rings is 1. The molecule has 102 valence electrons. The van der Waals surface area contributed by atoms with Crippen LogP contribution in [0.4, 0.5) is 0 Å². The molecule has 2 fully saturated rings. The molecule has 1 heterocycles. The number of aromatic amines is 1. The number of nitrogens with one attached hydrogen (secondary N) is 2. The van der Waals surface area contributed by atoms with Crippen LogP contribution in [0.15, 0.2) is 12.2 Å². The lowest BCUT2D eigenvalue weighted by molar-refractivity contribution is -0.122. The molecule has 3 rings (SSSR count). The maximum absolute atomic E-state index is 12.0. The second-order valence-corrected chi connectivity index (χ2v) is 5.66. The zero-order valence-electron chi connectivity index (χ0n) is 10.9. The Balaban J connectivity index is 1.42. The van der Waals surface area contributed by atoms with E-state index >= 15 is 0 Å². The van der Waals surface area contributed by atoms with Crippen LogP contribution < -0.4 is 5.32 Å². The van der Waals surface area contributed by atoms with Crippen LogP contribution in [-0.2, 0) is 4.79 Å². The molecule has 19 heavy (non-hydrogen) atoms. The van der Waals surface area contributed by atoms with E-state index in [0.717, 1.165) is 38.6 Å². The summed E-state index contributed by atoms with van der Waals surface area (Å²) >= 11 is 0. The molecular weight excluding hydrogens is 242 g/mol. The summed E-state index contributed by atoms with van der Waals surface area (Å²) in [4.78, 5) is 12.0. The minimum atomic E-state index is 0.0381. The number of hydrogen-bond donors (Lipinski definition) is 2. The minimum Gasteiger partial charge on any atom is -0.356 e. The molecule has 1 amide bonds. The number of hydrogen-bond acceptors (Lipinski definition) is 4. The molecule has 2 atom stereocenters. The van der Waals surface area contributed by atoms with E-state index in [1.165, 1.54) is 5.57 Å². The first kappa shape index (κ1) is 12.3. The second-order valence-electron chi connectivity index (χ2n) is 5.66. The van der Waals surface area contributed by atoms with Gasteiger partial charge in [0, 0.05) is 18.4 Å². The number of nitrogens with zero attached hydrogens (tertiary/aromatic N) is 3. The molecule has 2 aliphatic carbocycles. The Labute approximate surface area is 112 Å². The van der Waals surface area contributed by atoms with Gasteiger partial charge in [-0.2, -0.15) is 5.21 Å². The van der Waals surface area contributed by atoms with Crippen LogP contribution >= 0.6 is 0 Å². The van der Waals surface area contributed by atoms with Crippen molar-refractivity contribution in [1.29, 1.82) is 0 Å². The van der Waals surface area contributed by atoms with Crippen molar-refractivity contribution in [3.8, 4) is 0 Å². The number of H-pyrrole nitrogens is 1. The van der Waals surface area contributed by atoms with Crippen LogP contribution in [0.1, 0.15) is 43.8 Å². The van der Waals surface area contributed by atoms with Crippen molar-refractivity contribution in [2.75, 3.05) is 6.54 Å². The predicted molar refractivity (Wildman–Crippen MR) is 69.1 cm³/mol. The highest BCUT2D eigenvalue weighted by atomic mass is 16.2. The molecule has 0 bridgehead atoms. The Morgan fingerprint density at radius 2 is 2.21 bits per heavy atom. The molecule has 0 spiro atoms. The molecule has 2 aliphatic rings. The summed E-state index contributed by atoms with van der Waals surface area (Å²) in [6, 6.07) is 0. The second kappa shape index (κ2) is 5.11. The van der Waals surface area contributed by atoms with E-state index in [9.17, 15) is 4.79 Å². The monoisotopic (exact) mass is 261 g/mol. The largest absolute Gasteiger partial charge is 0.356 e. The molecule has 0 aliphatic heterocycles. The van der Waals surface area contributed by atoms with E-state index in [0.29, 0.717) is 11.7 Å². The van der Waals surface area contributed by atoms with Crippen molar-refractivity contribution in [2.24, 2.45) is 11.8 Å². The van der Waals surface area contributed by atoms with Gasteiger partial charge in [0.25, 0.3) is 0 Å². The van der Waals surface area contributed by atoms with Crippen molar-refractivity contribution in [3.05, 3.63) is 18.0 Å². The van der Waals surface area contributed by atoms with Crippen molar-refractivity contribution in [1.82, 2.24) is 25.9 Å². The normalized spacial score (nSPS) is 27.3. The first-order valence-corrected chi connectivity index (χ1v) is 6.91. The van der Waals surface area contributed by atoms with Gasteiger partial charge in [-0.1, -0.05) is 17.4 Å². The lowest BCUT2D eigenvalue weighted by Gasteiger charge is -2.23. The van der Waals surface area contributed by atoms with E-state index < -0.39 is 0 Å². The molecule has 0 aromatic carbocycles. The maximum atomic E-state index is 12.0. The summed E-state index contributed by atoms with van der Waals surface area (Å²) in [5, 5.41) is 16.9. The molecule has 6 nitrogen and oxygen atoms in total. The highest BCUT2D eigenvalue weighted by Crippen LogP contribution is 2.45. The fraction of sp³-hybridized carbons (Fsp3) is 0.692. The third-order valence-corrected chi connectivity index (χ3v) is 4.20. The quantitative estimate of drug-likeness (QED) is 0.797. The van der Waals surface area contributed by atoms with E-state index in [4.69, 9.17) is 0 Å². The van der Waals surface area contributed by atoms with Crippen LogP contribution in [0.2, 0.25) is 0 Å². The van der Waals surface area contributed by atoms with Crippen molar-refractivity contribution in [3.63, 3.8) is 0 Å². The van der Waals surface area contributed by atoms with Crippen molar-refractivity contribution in [2.45, 2.75) is 38.0 Å². The minimum absolute atomic E-state index is 0.0381. The molecule has 2 N–H and O–H groups in total. The average Bonchev–Trinajstić information content (AvgIpc) is 3.04. The zero-order chi connectivity index (χ0) is 13.2. The Morgan fingerprint density at radius 1 is 1.42 bits per heavy atom. The Bertz CT molecular complexity index is 459. The highest BCUT2D eigenvalue weighted by molar-refractivity contribution is 5.82. The fourth-order valence-electron chi connectivity index (χ4n) is 2.76. The fourth-order valence-corrected chi connectivity index (χ4v) is 2.76. The summed E-state index contributed by atoms with van der Waals surface area (Å²) < 4.78 is 0. The Kier molecular flexibility index (Phi) is 3.31. The van der Waals surface area contributed by atoms with Crippen molar-refractivity contribution >= 4 is 5.91 Å². The van der Waals surface area contributed by atoms with E-state index in [1.54, 1.807) is 0 Å². The topological polar surface area (TPSA) is 83.6 Å². The molecule has 2 saturated carbocycles. The molecule has 1 aromatic heterocycles. The van der Waals surface area contributed by atoms with Gasteiger partial charge in [-0.25, -0.2) is 0 Å². The SMILES string of the molecule is C=C1CCC(CNC(=O)[C@@H]2C[C@@H]2c2nn[nH]n2)CC1. The van der Waals surface area contributed by atoms with Gasteiger partial charge >= 0.3 is 0 Å². The third kappa shape index (κ3) is 2.83. The number of carbonyl (C=O) groups excluding carboxylic acids is 1. The Hall–Kier alpha value is -1.72. The zero-order valence-corrected chi connectivity index (χ0v) is 10.9. The van der Waals surface area contributed by atoms with Gasteiger partial charge in [-0.15, -0.1) is 10.2 Å². The van der Waals surface area contributed by atoms with E-state index in [-0.39, 0.29) is 17.7 Å². The summed E-state index contributed by atoms with van der Waals surface area (Å²) in [6.07, 6.45) is 5.36. The van der Waals surface area contributed by atoms with E-state index in [2.05, 4.69) is 32.5 Å². The molecular formula is C13H19N5O. The molecule has 0 radical (unpaired) electrons. The van der Waals surface area contributed by atoms with E-state index in [1.807, 2.05) is 0 Å². The average molecular weight is 261 g/mol. The van der Waals surface area contributed by atoms with Gasteiger partial charge in [0.15, 0.2) is 5.82 Å². The van der Waals surface area contributed by atoms with Gasteiger partial charge < -0.3 is 5.32 Å². The number of rotatable bonds is 4. The van der Waals surface area contributed by atoms with Crippen LogP contribution in [0.25, 0.3) is 0 Å². The molecule has 6 heteroatoms. The number of allylic oxidation sites excluding steroid dienone is 1. The number of aromatic nitrogens is 4. The first-order valence-electron chi connectivity index (χ1n) is 6.91. The smallest absolute Gasteiger partial charge is 0.223 e. The summed E-state index contributed by atoms with van der Waals surface area (Å²) in [7, 11) is 0. The van der Waals surface area contributed by atoms with Crippen LogP contribution in [0.5, 0.6) is 0 Å². The van der Waals surface area contributed by atoms with Gasteiger partial charge in [0.2, 0.25) is 5.91 Å². The lowest BCUT2D eigenvalue weighted by atomic mass is 9.86. The van der Waals surface area contributed by atoms with Crippen LogP contribution in [0, 0.1) is 11.8 Å². The Morgan fingerprint density at radius 3 is 2.89 bits per heavy atom. The standard InChI is InChI=1S/C13H19N5O/c1-8-2-4-9(5-3-8)7-14-13(19)11-6-10(11)12-15-17-18-16-12/h9-11H,1-7H2,(H,14,19)(H,15,16,17,18)/t10-,11+/m0/s1. The van der Waals surface area contributed by atoms with Gasteiger partial charge in [0.1, 0.15) is 0 Å². The molecule has 1 aromatic rings. The maximum Gasteiger partial charge on any atom is 0.223 e. The summed E-state index contributed by atoms with van der Waals surface area (Å²) in [5.41, 5.74) is 1.35. The third-order valence-electron chi connectivity index (χ3n) is 4.20. The van der Waals surface area contributed by atoms with Crippen LogP contribution in [0.3, 0.4) is 0 Å². The summed E-state index contributed by atoms with van der Waals surface area (Å²) in [5.74, 6) is 1.60.